The second-order valence-electron chi connectivity index (χ2n) is 5.92. The fourth-order valence-corrected chi connectivity index (χ4v) is 2.43. The Hall–Kier alpha value is -1.85. The lowest BCUT2D eigenvalue weighted by Crippen LogP contribution is -2.40. The molecule has 0 heterocycles. The molecule has 0 aliphatic carbocycles. The average molecular weight is 335 g/mol. The number of nitrogen functional groups attached to an aromatic ring is 1. The van der Waals surface area contributed by atoms with E-state index in [1.807, 2.05) is 0 Å². The minimum atomic E-state index is -2.01. The van der Waals surface area contributed by atoms with Crippen LogP contribution in [0.4, 0.5) is 5.69 Å². The van der Waals surface area contributed by atoms with Gasteiger partial charge in [0.1, 0.15) is 5.75 Å². The number of aromatic hydroxyl groups is 1. The maximum atomic E-state index is 12.6. The molecule has 5 nitrogen and oxygen atoms in total. The Balaban J connectivity index is 2.65. The number of phenols is 1. The van der Waals surface area contributed by atoms with Gasteiger partial charge >= 0.3 is 0 Å². The highest BCUT2D eigenvalue weighted by Crippen LogP contribution is 2.25. The van der Waals surface area contributed by atoms with Crippen LogP contribution in [0.5, 0.6) is 5.75 Å². The van der Waals surface area contributed by atoms with Crippen LogP contribution in [0.25, 0.3) is 0 Å². The third-order valence-corrected chi connectivity index (χ3v) is 3.83. The molecule has 24 heavy (non-hydrogen) atoms. The number of phenolic OH excluding ortho intramolecular Hbond substituents is 1. The van der Waals surface area contributed by atoms with Crippen LogP contribution >= 0.6 is 0 Å². The summed E-state index contributed by atoms with van der Waals surface area (Å²) in [7, 11) is 0. The van der Waals surface area contributed by atoms with Crippen molar-refractivity contribution in [2.45, 2.75) is 58.2 Å². The van der Waals surface area contributed by atoms with E-state index in [0.29, 0.717) is 6.61 Å². The Morgan fingerprint density at radius 3 is 2.54 bits per heavy atom. The summed E-state index contributed by atoms with van der Waals surface area (Å²) in [5.74, 6) is -2.71. The van der Waals surface area contributed by atoms with Crippen LogP contribution in [0.1, 0.15) is 62.7 Å². The van der Waals surface area contributed by atoms with Crippen LogP contribution < -0.4 is 5.73 Å². The first-order valence-electron chi connectivity index (χ1n) is 8.58. The average Bonchev–Trinajstić information content (AvgIpc) is 2.56. The van der Waals surface area contributed by atoms with Gasteiger partial charge in [0.2, 0.25) is 5.78 Å². The van der Waals surface area contributed by atoms with Crippen LogP contribution in [0, 0.1) is 0 Å². The number of hydrogen-bond donors (Lipinski definition) is 3. The molecule has 0 bridgehead atoms. The van der Waals surface area contributed by atoms with Crippen molar-refractivity contribution < 1.29 is 19.7 Å². The SMILES string of the molecule is CC=CC(O)(OCCCCCCCC)C(=O)c1ccc(O)c(N)c1. The molecule has 5 heteroatoms. The van der Waals surface area contributed by atoms with Crippen LogP contribution in [0.3, 0.4) is 0 Å². The molecule has 0 aliphatic rings. The summed E-state index contributed by atoms with van der Waals surface area (Å²) in [6.07, 6.45) is 9.44. The van der Waals surface area contributed by atoms with E-state index >= 15 is 0 Å². The van der Waals surface area contributed by atoms with Gasteiger partial charge in [0.05, 0.1) is 12.3 Å². The number of carbonyl (C=O) groups is 1. The zero-order valence-corrected chi connectivity index (χ0v) is 14.6. The Labute approximate surface area is 144 Å². The standard InChI is InChI=1S/C19H29NO4/c1-3-5-6-7-8-9-13-24-19(23,12-4-2)18(22)15-10-11-17(21)16(20)14-15/h4,10-12,14,21,23H,3,5-9,13,20H2,1-2H3. The minimum absolute atomic E-state index is 0.0830. The maximum Gasteiger partial charge on any atom is 0.251 e. The fourth-order valence-electron chi connectivity index (χ4n) is 2.43. The molecule has 0 spiro atoms. The lowest BCUT2D eigenvalue weighted by molar-refractivity contribution is -0.132. The van der Waals surface area contributed by atoms with Gasteiger partial charge in [0.25, 0.3) is 5.79 Å². The van der Waals surface area contributed by atoms with Gasteiger partial charge in [-0.2, -0.15) is 0 Å². The Morgan fingerprint density at radius 1 is 1.25 bits per heavy atom. The second kappa shape index (κ2) is 10.1. The van der Waals surface area contributed by atoms with E-state index in [1.165, 1.54) is 43.5 Å². The lowest BCUT2D eigenvalue weighted by atomic mass is 10.0. The first kappa shape index (κ1) is 20.2. The predicted octanol–water partition coefficient (Wildman–Crippen LogP) is 3.80. The molecule has 1 rings (SSSR count). The van der Waals surface area contributed by atoms with Gasteiger partial charge in [-0.15, -0.1) is 0 Å². The van der Waals surface area contributed by atoms with Gasteiger partial charge in [0.15, 0.2) is 0 Å². The predicted molar refractivity (Wildman–Crippen MR) is 95.9 cm³/mol. The summed E-state index contributed by atoms with van der Waals surface area (Å²) < 4.78 is 5.48. The van der Waals surface area contributed by atoms with E-state index in [4.69, 9.17) is 10.5 Å². The quantitative estimate of drug-likeness (QED) is 0.143. The highest BCUT2D eigenvalue weighted by atomic mass is 16.6. The van der Waals surface area contributed by atoms with Crippen molar-refractivity contribution in [1.82, 2.24) is 0 Å². The fraction of sp³-hybridized carbons (Fsp3) is 0.526. The smallest absolute Gasteiger partial charge is 0.251 e. The molecule has 0 radical (unpaired) electrons. The van der Waals surface area contributed by atoms with Crippen molar-refractivity contribution in [3.8, 4) is 5.75 Å². The molecule has 0 saturated heterocycles. The first-order chi connectivity index (χ1) is 11.4. The zero-order chi connectivity index (χ0) is 18.0. The largest absolute Gasteiger partial charge is 0.506 e. The van der Waals surface area contributed by atoms with E-state index < -0.39 is 11.6 Å². The third kappa shape index (κ3) is 5.98. The molecular weight excluding hydrogens is 306 g/mol. The molecular formula is C19H29NO4. The van der Waals surface area contributed by atoms with Crippen LogP contribution in [-0.4, -0.2) is 28.4 Å². The maximum absolute atomic E-state index is 12.6. The minimum Gasteiger partial charge on any atom is -0.506 e. The van der Waals surface area contributed by atoms with E-state index in [-0.39, 0.29) is 17.0 Å². The molecule has 0 aromatic heterocycles. The number of unbranched alkanes of at least 4 members (excludes halogenated alkanes) is 5. The van der Waals surface area contributed by atoms with Gasteiger partial charge in [0, 0.05) is 5.56 Å². The highest BCUT2D eigenvalue weighted by molar-refractivity contribution is 6.03. The number of rotatable bonds is 11. The molecule has 1 aromatic carbocycles. The highest BCUT2D eigenvalue weighted by Gasteiger charge is 2.35. The molecule has 4 N–H and O–H groups in total. The van der Waals surface area contributed by atoms with E-state index in [2.05, 4.69) is 6.92 Å². The van der Waals surface area contributed by atoms with Gasteiger partial charge in [-0.1, -0.05) is 45.1 Å². The number of ketones is 1. The lowest BCUT2D eigenvalue weighted by Gasteiger charge is -2.23. The topological polar surface area (TPSA) is 92.8 Å². The Bertz CT molecular complexity index is 556. The summed E-state index contributed by atoms with van der Waals surface area (Å²) in [6.45, 7) is 4.17. The number of aliphatic hydroxyl groups is 1. The Kier molecular flexibility index (Phi) is 8.50. The number of carbonyl (C=O) groups excluding carboxylic acids is 1. The summed E-state index contributed by atoms with van der Waals surface area (Å²) in [5.41, 5.74) is 5.88. The number of ether oxygens (including phenoxy) is 1. The molecule has 1 atom stereocenters. The van der Waals surface area contributed by atoms with Gasteiger partial charge in [-0.3, -0.25) is 4.79 Å². The van der Waals surface area contributed by atoms with E-state index in [0.717, 1.165) is 19.3 Å². The van der Waals surface area contributed by atoms with Crippen LogP contribution in [-0.2, 0) is 4.74 Å². The Morgan fingerprint density at radius 2 is 1.92 bits per heavy atom. The number of anilines is 1. The van der Waals surface area contributed by atoms with E-state index in [1.54, 1.807) is 13.0 Å². The normalized spacial score (nSPS) is 14.0. The van der Waals surface area contributed by atoms with Gasteiger partial charge in [-0.25, -0.2) is 0 Å². The molecule has 0 aliphatic heterocycles. The van der Waals surface area contributed by atoms with Crippen molar-refractivity contribution in [2.24, 2.45) is 0 Å². The number of nitrogens with two attached hydrogens (primary N) is 1. The number of benzene rings is 1. The molecule has 0 amide bonds. The molecule has 1 aromatic rings. The molecule has 0 fully saturated rings. The zero-order valence-electron chi connectivity index (χ0n) is 14.6. The molecule has 134 valence electrons. The number of allylic oxidation sites excluding steroid dienone is 1. The van der Waals surface area contributed by atoms with Crippen molar-refractivity contribution >= 4 is 11.5 Å². The van der Waals surface area contributed by atoms with Crippen molar-refractivity contribution in [3.63, 3.8) is 0 Å². The van der Waals surface area contributed by atoms with Gasteiger partial charge in [-0.05, 0) is 37.6 Å². The summed E-state index contributed by atoms with van der Waals surface area (Å²) in [5, 5.41) is 20.0. The number of hydrogen-bond acceptors (Lipinski definition) is 5. The second-order valence-corrected chi connectivity index (χ2v) is 5.92. The van der Waals surface area contributed by atoms with Crippen molar-refractivity contribution in [3.05, 3.63) is 35.9 Å². The summed E-state index contributed by atoms with van der Waals surface area (Å²) >= 11 is 0. The third-order valence-electron chi connectivity index (χ3n) is 3.83. The van der Waals surface area contributed by atoms with E-state index in [9.17, 15) is 15.0 Å². The molecule has 0 saturated carbocycles. The summed E-state index contributed by atoms with van der Waals surface area (Å²) in [6, 6.07) is 4.07. The summed E-state index contributed by atoms with van der Waals surface area (Å²) in [4.78, 5) is 12.6. The van der Waals surface area contributed by atoms with Crippen molar-refractivity contribution in [1.29, 1.82) is 0 Å². The van der Waals surface area contributed by atoms with Crippen LogP contribution in [0.15, 0.2) is 30.4 Å². The van der Waals surface area contributed by atoms with Gasteiger partial charge < -0.3 is 20.7 Å². The number of Topliss-reactive ketones (excluding diaryl/α,β-unsaturated/α-hetero) is 1. The molecule has 1 unspecified atom stereocenters. The van der Waals surface area contributed by atoms with Crippen molar-refractivity contribution in [2.75, 3.05) is 12.3 Å². The first-order valence-corrected chi connectivity index (χ1v) is 8.58. The monoisotopic (exact) mass is 335 g/mol. The van der Waals surface area contributed by atoms with Crippen LogP contribution in [0.2, 0.25) is 0 Å².